The monoisotopic (exact) mass is 220 g/mol. The van der Waals surface area contributed by atoms with Gasteiger partial charge in [-0.15, -0.1) is 0 Å². The summed E-state index contributed by atoms with van der Waals surface area (Å²) in [4.78, 5) is 25.0. The van der Waals surface area contributed by atoms with Gasteiger partial charge in [-0.3, -0.25) is 0 Å². The Balaban J connectivity index is 2.38. The van der Waals surface area contributed by atoms with E-state index in [1.165, 1.54) is 19.6 Å². The summed E-state index contributed by atoms with van der Waals surface area (Å²) in [7, 11) is 1.48. The topological polar surface area (TPSA) is 101 Å². The molecule has 0 aliphatic rings. The summed E-state index contributed by atoms with van der Waals surface area (Å²) in [6.07, 6.45) is 2.55. The highest BCUT2D eigenvalue weighted by molar-refractivity contribution is 5.85. The number of carboxylic acid groups (broad SMARTS) is 1. The molecule has 0 saturated heterocycles. The van der Waals surface area contributed by atoms with Gasteiger partial charge in [0.25, 0.3) is 0 Å². The maximum atomic E-state index is 10.6. The number of ether oxygens (including phenoxy) is 1. The number of aromatic nitrogens is 4. The maximum Gasteiger partial charge on any atom is 0.353 e. The zero-order valence-electron chi connectivity index (χ0n) is 8.34. The van der Waals surface area contributed by atoms with Crippen molar-refractivity contribution in [1.29, 1.82) is 0 Å². The Hall–Kier alpha value is -2.44. The van der Waals surface area contributed by atoms with Crippen LogP contribution in [-0.4, -0.2) is 38.1 Å². The van der Waals surface area contributed by atoms with E-state index in [0.717, 1.165) is 0 Å². The molecule has 82 valence electrons. The highest BCUT2D eigenvalue weighted by Crippen LogP contribution is 2.16. The van der Waals surface area contributed by atoms with E-state index in [2.05, 4.69) is 19.9 Å². The van der Waals surface area contributed by atoms with E-state index in [0.29, 0.717) is 17.4 Å². The van der Waals surface area contributed by atoms with Crippen LogP contribution in [0.5, 0.6) is 5.88 Å². The Morgan fingerprint density at radius 3 is 2.88 bits per heavy atom. The van der Waals surface area contributed by atoms with Crippen LogP contribution in [0.1, 0.15) is 10.5 Å². The van der Waals surface area contributed by atoms with Gasteiger partial charge in [-0.2, -0.15) is 0 Å². The fraction of sp³-hybridized carbons (Fsp3) is 0.111. The molecule has 0 fully saturated rings. The van der Waals surface area contributed by atoms with Crippen molar-refractivity contribution in [3.8, 4) is 17.4 Å². The first-order valence-electron chi connectivity index (χ1n) is 4.35. The molecule has 0 unspecified atom stereocenters. The number of rotatable bonds is 3. The number of methoxy groups -OCH3 is 1. The second-order valence-corrected chi connectivity index (χ2v) is 2.90. The summed E-state index contributed by atoms with van der Waals surface area (Å²) in [6, 6.07) is 1.56. The van der Waals surface area contributed by atoms with Crippen LogP contribution < -0.4 is 4.74 Å². The van der Waals surface area contributed by atoms with E-state index < -0.39 is 5.97 Å². The Bertz CT molecular complexity index is 523. The first-order valence-corrected chi connectivity index (χ1v) is 4.35. The van der Waals surface area contributed by atoms with Crippen molar-refractivity contribution in [3.63, 3.8) is 0 Å². The number of hydrogen-bond acceptors (Lipinski definition) is 5. The number of nitrogens with one attached hydrogen (secondary N) is 1. The second-order valence-electron chi connectivity index (χ2n) is 2.90. The Morgan fingerprint density at radius 1 is 1.44 bits per heavy atom. The average molecular weight is 220 g/mol. The van der Waals surface area contributed by atoms with E-state index in [-0.39, 0.29) is 5.69 Å². The van der Waals surface area contributed by atoms with Crippen LogP contribution in [0.25, 0.3) is 11.5 Å². The predicted molar refractivity (Wildman–Crippen MR) is 53.1 cm³/mol. The second kappa shape index (κ2) is 3.97. The number of hydrogen-bond donors (Lipinski definition) is 2. The third-order valence-electron chi connectivity index (χ3n) is 1.90. The lowest BCUT2D eigenvalue weighted by atomic mass is 10.4. The number of aromatic carboxylic acids is 1. The number of imidazole rings is 1. The number of carbonyl (C=O) groups is 1. The quantitative estimate of drug-likeness (QED) is 0.784. The summed E-state index contributed by atoms with van der Waals surface area (Å²) in [6.45, 7) is 0. The third-order valence-corrected chi connectivity index (χ3v) is 1.90. The van der Waals surface area contributed by atoms with E-state index in [4.69, 9.17) is 9.84 Å². The molecule has 0 saturated carbocycles. The van der Waals surface area contributed by atoms with Gasteiger partial charge in [0.15, 0.2) is 5.82 Å². The molecule has 2 aromatic rings. The summed E-state index contributed by atoms with van der Waals surface area (Å²) < 4.78 is 4.92. The molecular formula is C9H8N4O3. The van der Waals surface area contributed by atoms with Crippen LogP contribution in [0.2, 0.25) is 0 Å². The maximum absolute atomic E-state index is 10.6. The van der Waals surface area contributed by atoms with Crippen LogP contribution in [0, 0.1) is 0 Å². The van der Waals surface area contributed by atoms with Gasteiger partial charge in [0.2, 0.25) is 5.88 Å². The molecule has 2 aromatic heterocycles. The van der Waals surface area contributed by atoms with Crippen molar-refractivity contribution in [1.82, 2.24) is 19.9 Å². The zero-order valence-corrected chi connectivity index (χ0v) is 8.34. The van der Waals surface area contributed by atoms with Crippen molar-refractivity contribution in [3.05, 3.63) is 24.3 Å². The molecule has 2 N–H and O–H groups in total. The molecule has 0 atom stereocenters. The summed E-state index contributed by atoms with van der Waals surface area (Å²) >= 11 is 0. The number of carboxylic acids is 1. The molecule has 0 bridgehead atoms. The zero-order chi connectivity index (χ0) is 11.5. The molecule has 2 heterocycles. The Morgan fingerprint density at radius 2 is 2.25 bits per heavy atom. The largest absolute Gasteiger partial charge is 0.481 e. The fourth-order valence-corrected chi connectivity index (χ4v) is 1.14. The summed E-state index contributed by atoms with van der Waals surface area (Å²) in [5.41, 5.74) is 0.479. The molecule has 7 nitrogen and oxygen atoms in total. The van der Waals surface area contributed by atoms with Crippen molar-refractivity contribution in [2.45, 2.75) is 0 Å². The van der Waals surface area contributed by atoms with Gasteiger partial charge in [0.1, 0.15) is 17.7 Å². The van der Waals surface area contributed by atoms with Crippen molar-refractivity contribution < 1.29 is 14.6 Å². The van der Waals surface area contributed by atoms with E-state index in [1.807, 2.05) is 0 Å². The van der Waals surface area contributed by atoms with Crippen molar-refractivity contribution in [2.24, 2.45) is 0 Å². The normalized spacial score (nSPS) is 10.1. The summed E-state index contributed by atoms with van der Waals surface area (Å²) in [5.74, 6) is -0.323. The van der Waals surface area contributed by atoms with E-state index >= 15 is 0 Å². The number of nitrogens with zero attached hydrogens (tertiary/aromatic N) is 3. The van der Waals surface area contributed by atoms with E-state index in [9.17, 15) is 4.79 Å². The van der Waals surface area contributed by atoms with Gasteiger partial charge >= 0.3 is 5.97 Å². The first-order chi connectivity index (χ1) is 7.70. The highest BCUT2D eigenvalue weighted by Gasteiger charge is 2.10. The van der Waals surface area contributed by atoms with Crippen molar-refractivity contribution >= 4 is 5.97 Å². The lowest BCUT2D eigenvalue weighted by Gasteiger charge is -1.99. The van der Waals surface area contributed by atoms with E-state index in [1.54, 1.807) is 6.07 Å². The predicted octanol–water partition coefficient (Wildman–Crippen LogP) is 0.573. The molecule has 0 amide bonds. The average Bonchev–Trinajstić information content (AvgIpc) is 2.78. The molecule has 0 aliphatic heterocycles. The summed E-state index contributed by atoms with van der Waals surface area (Å²) in [5, 5.41) is 8.72. The third kappa shape index (κ3) is 1.83. The minimum atomic E-state index is -1.07. The Labute approximate surface area is 90.2 Å². The SMILES string of the molecule is COc1cc(-c2ncc(C(=O)O)[nH]2)ncn1. The molecule has 7 heteroatoms. The van der Waals surface area contributed by atoms with Crippen LogP contribution in [-0.2, 0) is 0 Å². The van der Waals surface area contributed by atoms with Gasteiger partial charge in [-0.25, -0.2) is 19.7 Å². The molecule has 0 spiro atoms. The molecule has 0 aliphatic carbocycles. The molecule has 0 aromatic carbocycles. The molecule has 2 rings (SSSR count). The van der Waals surface area contributed by atoms with Crippen LogP contribution in [0.3, 0.4) is 0 Å². The van der Waals surface area contributed by atoms with Crippen LogP contribution in [0.15, 0.2) is 18.6 Å². The van der Waals surface area contributed by atoms with Crippen LogP contribution >= 0.6 is 0 Å². The highest BCUT2D eigenvalue weighted by atomic mass is 16.5. The lowest BCUT2D eigenvalue weighted by molar-refractivity contribution is 0.0691. The first kappa shape index (κ1) is 10.1. The van der Waals surface area contributed by atoms with Gasteiger partial charge in [-0.1, -0.05) is 0 Å². The Kier molecular flexibility index (Phi) is 2.50. The van der Waals surface area contributed by atoms with Gasteiger partial charge in [-0.05, 0) is 0 Å². The lowest BCUT2D eigenvalue weighted by Crippen LogP contribution is -1.96. The van der Waals surface area contributed by atoms with Gasteiger partial charge < -0.3 is 14.8 Å². The van der Waals surface area contributed by atoms with Gasteiger partial charge in [0, 0.05) is 6.07 Å². The standard InChI is InChI=1S/C9H8N4O3/c1-16-7-2-5(11-4-12-7)8-10-3-6(13-8)9(14)15/h2-4H,1H3,(H,10,13)(H,14,15). The van der Waals surface area contributed by atoms with Crippen molar-refractivity contribution in [2.75, 3.05) is 7.11 Å². The molecule has 0 radical (unpaired) electrons. The van der Waals surface area contributed by atoms with Gasteiger partial charge in [0.05, 0.1) is 13.3 Å². The molecule has 16 heavy (non-hydrogen) atoms. The fourth-order valence-electron chi connectivity index (χ4n) is 1.14. The smallest absolute Gasteiger partial charge is 0.353 e. The number of aromatic amines is 1. The van der Waals surface area contributed by atoms with Crippen LogP contribution in [0.4, 0.5) is 0 Å². The minimum Gasteiger partial charge on any atom is -0.481 e. The number of H-pyrrole nitrogens is 1. The minimum absolute atomic E-state index is 0.00702. The molecular weight excluding hydrogens is 212 g/mol.